The van der Waals surface area contributed by atoms with Crippen molar-refractivity contribution in [2.45, 2.75) is 20.0 Å². The maximum absolute atomic E-state index is 12.4. The molecule has 2 amide bonds. The number of pyridine rings is 1. The monoisotopic (exact) mass is 359 g/mol. The van der Waals surface area contributed by atoms with Gasteiger partial charge in [0.1, 0.15) is 5.69 Å². The molecule has 5 heteroatoms. The number of benzene rings is 2. The van der Waals surface area contributed by atoms with E-state index in [1.54, 1.807) is 6.07 Å². The van der Waals surface area contributed by atoms with Crippen LogP contribution >= 0.6 is 0 Å². The number of hydrogen-bond donors (Lipinski definition) is 2. The van der Waals surface area contributed by atoms with Crippen molar-refractivity contribution in [3.63, 3.8) is 0 Å². The van der Waals surface area contributed by atoms with E-state index < -0.39 is 0 Å². The number of carbonyl (C=O) groups is 2. The van der Waals surface area contributed by atoms with E-state index in [0.717, 1.165) is 16.7 Å². The number of hydrogen-bond acceptors (Lipinski definition) is 3. The largest absolute Gasteiger partial charge is 0.348 e. The van der Waals surface area contributed by atoms with Crippen LogP contribution in [0, 0.1) is 6.92 Å². The van der Waals surface area contributed by atoms with Gasteiger partial charge in [-0.3, -0.25) is 14.6 Å². The first kappa shape index (κ1) is 18.3. The van der Waals surface area contributed by atoms with E-state index in [4.69, 9.17) is 0 Å². The summed E-state index contributed by atoms with van der Waals surface area (Å²) in [5.74, 6) is -0.551. The fraction of sp³-hybridized carbons (Fsp3) is 0.136. The summed E-state index contributed by atoms with van der Waals surface area (Å²) in [6, 6.07) is 20.6. The molecule has 5 nitrogen and oxygen atoms in total. The Hall–Kier alpha value is -3.47. The molecule has 0 radical (unpaired) electrons. The Bertz CT molecular complexity index is 939. The van der Waals surface area contributed by atoms with Gasteiger partial charge in [-0.15, -0.1) is 0 Å². The molecule has 0 fully saturated rings. The normalized spacial score (nSPS) is 10.3. The highest BCUT2D eigenvalue weighted by Crippen LogP contribution is 2.08. The first-order valence-electron chi connectivity index (χ1n) is 8.74. The molecule has 1 aromatic heterocycles. The zero-order chi connectivity index (χ0) is 19.1. The fourth-order valence-electron chi connectivity index (χ4n) is 2.65. The Labute approximate surface area is 158 Å². The van der Waals surface area contributed by atoms with E-state index in [0.29, 0.717) is 18.7 Å². The number of rotatable bonds is 6. The molecule has 3 rings (SSSR count). The van der Waals surface area contributed by atoms with Crippen molar-refractivity contribution in [3.05, 3.63) is 101 Å². The fourth-order valence-corrected chi connectivity index (χ4v) is 2.65. The van der Waals surface area contributed by atoms with Gasteiger partial charge in [-0.05, 0) is 35.7 Å². The van der Waals surface area contributed by atoms with Crippen LogP contribution in [-0.4, -0.2) is 16.8 Å². The summed E-state index contributed by atoms with van der Waals surface area (Å²) in [5.41, 5.74) is 3.80. The Kier molecular flexibility index (Phi) is 5.94. The number of aryl methyl sites for hydroxylation is 1. The molecular formula is C22H21N3O2. The molecule has 136 valence electrons. The van der Waals surface area contributed by atoms with Crippen LogP contribution in [0.3, 0.4) is 0 Å². The van der Waals surface area contributed by atoms with Crippen LogP contribution in [0.1, 0.15) is 37.5 Å². The molecule has 1 heterocycles. The van der Waals surface area contributed by atoms with Gasteiger partial charge in [-0.25, -0.2) is 0 Å². The van der Waals surface area contributed by atoms with Crippen molar-refractivity contribution in [3.8, 4) is 0 Å². The second-order valence-corrected chi connectivity index (χ2v) is 6.21. The molecule has 0 bridgehead atoms. The van der Waals surface area contributed by atoms with E-state index in [-0.39, 0.29) is 17.5 Å². The molecule has 0 spiro atoms. The van der Waals surface area contributed by atoms with Crippen LogP contribution in [0.5, 0.6) is 0 Å². The SMILES string of the molecule is Cc1ccccc1CNC(=O)c1ccnc(C(=O)NCc2ccccc2)c1. The Morgan fingerprint density at radius 1 is 0.852 bits per heavy atom. The van der Waals surface area contributed by atoms with Crippen molar-refractivity contribution in [2.24, 2.45) is 0 Å². The first-order chi connectivity index (χ1) is 13.1. The molecule has 0 saturated heterocycles. The van der Waals surface area contributed by atoms with Gasteiger partial charge in [0.25, 0.3) is 11.8 Å². The summed E-state index contributed by atoms with van der Waals surface area (Å²) >= 11 is 0. The summed E-state index contributed by atoms with van der Waals surface area (Å²) in [5, 5.41) is 5.70. The summed E-state index contributed by atoms with van der Waals surface area (Å²) in [6.45, 7) is 2.84. The number of aromatic nitrogens is 1. The first-order valence-corrected chi connectivity index (χ1v) is 8.74. The number of nitrogens with one attached hydrogen (secondary N) is 2. The maximum Gasteiger partial charge on any atom is 0.270 e. The minimum absolute atomic E-state index is 0.217. The highest BCUT2D eigenvalue weighted by Gasteiger charge is 2.12. The molecular weight excluding hydrogens is 338 g/mol. The van der Waals surface area contributed by atoms with Crippen molar-refractivity contribution in [1.29, 1.82) is 0 Å². The van der Waals surface area contributed by atoms with Gasteiger partial charge >= 0.3 is 0 Å². The van der Waals surface area contributed by atoms with Crippen LogP contribution in [0.4, 0.5) is 0 Å². The third-order valence-corrected chi connectivity index (χ3v) is 4.25. The lowest BCUT2D eigenvalue weighted by Gasteiger charge is -2.09. The maximum atomic E-state index is 12.4. The van der Waals surface area contributed by atoms with Gasteiger partial charge in [-0.2, -0.15) is 0 Å². The van der Waals surface area contributed by atoms with Crippen LogP contribution in [0.2, 0.25) is 0 Å². The molecule has 0 saturated carbocycles. The molecule has 0 aliphatic rings. The van der Waals surface area contributed by atoms with Crippen LogP contribution in [0.15, 0.2) is 72.9 Å². The minimum atomic E-state index is -0.313. The van der Waals surface area contributed by atoms with E-state index in [9.17, 15) is 9.59 Å². The van der Waals surface area contributed by atoms with Gasteiger partial charge in [0.05, 0.1) is 0 Å². The Morgan fingerprint density at radius 2 is 1.56 bits per heavy atom. The van der Waals surface area contributed by atoms with Gasteiger partial charge < -0.3 is 10.6 Å². The van der Waals surface area contributed by atoms with Crippen LogP contribution in [0.25, 0.3) is 0 Å². The smallest absolute Gasteiger partial charge is 0.270 e. The number of nitrogens with zero attached hydrogens (tertiary/aromatic N) is 1. The lowest BCUT2D eigenvalue weighted by atomic mass is 10.1. The summed E-state index contributed by atoms with van der Waals surface area (Å²) in [6.07, 6.45) is 1.47. The van der Waals surface area contributed by atoms with Crippen molar-refractivity contribution in [1.82, 2.24) is 15.6 Å². The third kappa shape index (κ3) is 5.01. The quantitative estimate of drug-likeness (QED) is 0.710. The highest BCUT2D eigenvalue weighted by molar-refractivity contribution is 5.98. The molecule has 2 aromatic carbocycles. The van der Waals surface area contributed by atoms with Crippen LogP contribution in [-0.2, 0) is 13.1 Å². The molecule has 0 aliphatic heterocycles. The van der Waals surface area contributed by atoms with Gasteiger partial charge in [-0.1, -0.05) is 54.6 Å². The molecule has 27 heavy (non-hydrogen) atoms. The van der Waals surface area contributed by atoms with E-state index >= 15 is 0 Å². The summed E-state index contributed by atoms with van der Waals surface area (Å²) in [7, 11) is 0. The van der Waals surface area contributed by atoms with Crippen LogP contribution < -0.4 is 10.6 Å². The average Bonchev–Trinajstić information content (AvgIpc) is 2.72. The van der Waals surface area contributed by atoms with E-state index in [2.05, 4.69) is 15.6 Å². The zero-order valence-electron chi connectivity index (χ0n) is 15.1. The standard InChI is InChI=1S/C22H21N3O2/c1-16-7-5-6-10-19(16)15-25-21(26)18-11-12-23-20(13-18)22(27)24-14-17-8-3-2-4-9-17/h2-13H,14-15H2,1H3,(H,24,27)(H,25,26). The van der Waals surface area contributed by atoms with E-state index in [1.165, 1.54) is 12.3 Å². The zero-order valence-corrected chi connectivity index (χ0v) is 15.1. The minimum Gasteiger partial charge on any atom is -0.348 e. The van der Waals surface area contributed by atoms with Crippen molar-refractivity contribution < 1.29 is 9.59 Å². The van der Waals surface area contributed by atoms with Crippen molar-refractivity contribution >= 4 is 11.8 Å². The predicted molar refractivity (Wildman–Crippen MR) is 104 cm³/mol. The predicted octanol–water partition coefficient (Wildman–Crippen LogP) is 3.25. The van der Waals surface area contributed by atoms with Gasteiger partial charge in [0, 0.05) is 24.8 Å². The van der Waals surface area contributed by atoms with Gasteiger partial charge in [0.2, 0.25) is 0 Å². The third-order valence-electron chi connectivity index (χ3n) is 4.25. The second kappa shape index (κ2) is 8.76. The molecule has 0 aliphatic carbocycles. The highest BCUT2D eigenvalue weighted by atomic mass is 16.2. The molecule has 0 atom stereocenters. The van der Waals surface area contributed by atoms with Crippen molar-refractivity contribution in [2.75, 3.05) is 0 Å². The number of amides is 2. The molecule has 0 unspecified atom stereocenters. The average molecular weight is 359 g/mol. The molecule has 2 N–H and O–H groups in total. The number of carbonyl (C=O) groups excluding carboxylic acids is 2. The lowest BCUT2D eigenvalue weighted by molar-refractivity contribution is 0.0946. The Balaban J connectivity index is 1.61. The Morgan fingerprint density at radius 3 is 2.33 bits per heavy atom. The molecule has 3 aromatic rings. The van der Waals surface area contributed by atoms with E-state index in [1.807, 2.05) is 61.5 Å². The summed E-state index contributed by atoms with van der Waals surface area (Å²) in [4.78, 5) is 28.8. The second-order valence-electron chi connectivity index (χ2n) is 6.21. The summed E-state index contributed by atoms with van der Waals surface area (Å²) < 4.78 is 0. The van der Waals surface area contributed by atoms with Gasteiger partial charge in [0.15, 0.2) is 0 Å². The topological polar surface area (TPSA) is 71.1 Å². The lowest BCUT2D eigenvalue weighted by Crippen LogP contribution is -2.26.